The van der Waals surface area contributed by atoms with Crippen LogP contribution in [0.2, 0.25) is 0 Å². The van der Waals surface area contributed by atoms with Gasteiger partial charge in [0.1, 0.15) is 0 Å². The number of benzene rings is 1. The van der Waals surface area contributed by atoms with Gasteiger partial charge in [0.15, 0.2) is 0 Å². The molecule has 1 saturated carbocycles. The van der Waals surface area contributed by atoms with Crippen molar-refractivity contribution in [2.75, 3.05) is 0 Å². The molecule has 0 saturated heterocycles. The van der Waals surface area contributed by atoms with Crippen molar-refractivity contribution in [2.45, 2.75) is 18.9 Å². The maximum atomic E-state index is 12.3. The first-order chi connectivity index (χ1) is 9.06. The van der Waals surface area contributed by atoms with Gasteiger partial charge in [-0.25, -0.2) is 4.98 Å². The largest absolute Gasteiger partial charge is 0.481 e. The predicted molar refractivity (Wildman–Crippen MR) is 73.1 cm³/mol. The van der Waals surface area contributed by atoms with E-state index in [0.717, 1.165) is 4.47 Å². The van der Waals surface area contributed by atoms with Crippen LogP contribution in [0.4, 0.5) is 0 Å². The molecule has 1 aromatic carbocycles. The first-order valence-corrected chi connectivity index (χ1v) is 6.75. The van der Waals surface area contributed by atoms with Crippen molar-refractivity contribution in [1.82, 2.24) is 9.55 Å². The summed E-state index contributed by atoms with van der Waals surface area (Å²) < 4.78 is 2.38. The fourth-order valence-electron chi connectivity index (χ4n) is 2.38. The quantitative estimate of drug-likeness (QED) is 0.919. The van der Waals surface area contributed by atoms with Crippen LogP contribution < -0.4 is 5.56 Å². The first kappa shape index (κ1) is 12.3. The van der Waals surface area contributed by atoms with Crippen LogP contribution >= 0.6 is 15.9 Å². The van der Waals surface area contributed by atoms with Crippen LogP contribution in [0.15, 0.2) is 33.8 Å². The van der Waals surface area contributed by atoms with Crippen molar-refractivity contribution in [2.24, 2.45) is 5.92 Å². The topological polar surface area (TPSA) is 72.2 Å². The maximum Gasteiger partial charge on any atom is 0.306 e. The second-order valence-electron chi connectivity index (χ2n) is 4.78. The van der Waals surface area contributed by atoms with Crippen LogP contribution in [0.3, 0.4) is 0 Å². The summed E-state index contributed by atoms with van der Waals surface area (Å²) in [5.41, 5.74) is 0.540. The van der Waals surface area contributed by atoms with E-state index in [9.17, 15) is 9.59 Å². The van der Waals surface area contributed by atoms with Crippen LogP contribution in [0.25, 0.3) is 10.9 Å². The third kappa shape index (κ3) is 2.06. The smallest absolute Gasteiger partial charge is 0.306 e. The molecule has 6 heteroatoms. The molecule has 98 valence electrons. The third-order valence-corrected chi connectivity index (χ3v) is 4.09. The molecule has 1 fully saturated rings. The molecule has 0 bridgehead atoms. The lowest BCUT2D eigenvalue weighted by atomic mass is 9.80. The summed E-state index contributed by atoms with van der Waals surface area (Å²) in [6.07, 6.45) is 2.51. The fourth-order valence-corrected chi connectivity index (χ4v) is 2.75. The van der Waals surface area contributed by atoms with E-state index in [1.54, 1.807) is 16.7 Å². The molecular formula is C13H11BrN2O3. The Morgan fingerprint density at radius 1 is 1.42 bits per heavy atom. The number of rotatable bonds is 2. The molecule has 0 atom stereocenters. The number of hydrogen-bond donors (Lipinski definition) is 1. The second-order valence-corrected chi connectivity index (χ2v) is 5.69. The van der Waals surface area contributed by atoms with Crippen molar-refractivity contribution in [3.8, 4) is 0 Å². The number of carboxylic acid groups (broad SMARTS) is 1. The van der Waals surface area contributed by atoms with Crippen molar-refractivity contribution >= 4 is 32.8 Å². The van der Waals surface area contributed by atoms with Gasteiger partial charge in [-0.05, 0) is 31.0 Å². The van der Waals surface area contributed by atoms with Gasteiger partial charge in [-0.15, -0.1) is 0 Å². The molecule has 1 aliphatic carbocycles. The molecule has 1 aliphatic rings. The molecule has 0 amide bonds. The lowest BCUT2D eigenvalue weighted by molar-refractivity contribution is -0.146. The molecule has 1 heterocycles. The normalized spacial score (nSPS) is 22.2. The highest BCUT2D eigenvalue weighted by molar-refractivity contribution is 9.10. The molecule has 0 radical (unpaired) electrons. The van der Waals surface area contributed by atoms with Crippen molar-refractivity contribution < 1.29 is 9.90 Å². The first-order valence-electron chi connectivity index (χ1n) is 5.95. The number of hydrogen-bond acceptors (Lipinski definition) is 3. The molecule has 0 unspecified atom stereocenters. The second kappa shape index (κ2) is 4.45. The van der Waals surface area contributed by atoms with Crippen molar-refractivity contribution in [3.05, 3.63) is 39.4 Å². The Morgan fingerprint density at radius 3 is 2.84 bits per heavy atom. The van der Waals surface area contributed by atoms with E-state index in [0.29, 0.717) is 23.7 Å². The van der Waals surface area contributed by atoms with Crippen LogP contribution in [-0.4, -0.2) is 20.6 Å². The summed E-state index contributed by atoms with van der Waals surface area (Å²) in [5, 5.41) is 9.42. The van der Waals surface area contributed by atoms with Crippen molar-refractivity contribution in [3.63, 3.8) is 0 Å². The van der Waals surface area contributed by atoms with E-state index >= 15 is 0 Å². The highest BCUT2D eigenvalue weighted by Crippen LogP contribution is 2.37. The summed E-state index contributed by atoms with van der Waals surface area (Å²) in [6, 6.07) is 5.31. The van der Waals surface area contributed by atoms with Gasteiger partial charge in [0.2, 0.25) is 0 Å². The van der Waals surface area contributed by atoms with Gasteiger partial charge >= 0.3 is 5.97 Å². The molecule has 3 rings (SSSR count). The maximum absolute atomic E-state index is 12.3. The number of aliphatic carboxylic acids is 1. The minimum absolute atomic E-state index is 0.0514. The predicted octanol–water partition coefficient (Wildman–Crippen LogP) is 2.19. The fraction of sp³-hybridized carbons (Fsp3) is 0.308. The van der Waals surface area contributed by atoms with Gasteiger partial charge in [-0.1, -0.05) is 15.9 Å². The highest BCUT2D eigenvalue weighted by atomic mass is 79.9. The molecule has 1 aromatic heterocycles. The number of carboxylic acids is 1. The molecule has 2 aromatic rings. The summed E-state index contributed by atoms with van der Waals surface area (Å²) >= 11 is 3.33. The van der Waals surface area contributed by atoms with Crippen LogP contribution in [-0.2, 0) is 4.79 Å². The average Bonchev–Trinajstić information content (AvgIpc) is 2.30. The number of nitrogens with zero attached hydrogens (tertiary/aromatic N) is 2. The lowest BCUT2D eigenvalue weighted by Crippen LogP contribution is -2.37. The van der Waals surface area contributed by atoms with Crippen molar-refractivity contribution in [1.29, 1.82) is 0 Å². The zero-order chi connectivity index (χ0) is 13.6. The summed E-state index contributed by atoms with van der Waals surface area (Å²) in [6.45, 7) is 0. The molecule has 1 N–H and O–H groups in total. The van der Waals surface area contributed by atoms with Gasteiger partial charge in [0, 0.05) is 10.5 Å². The van der Waals surface area contributed by atoms with Crippen LogP contribution in [0.1, 0.15) is 18.9 Å². The van der Waals surface area contributed by atoms with E-state index in [2.05, 4.69) is 20.9 Å². The van der Waals surface area contributed by atoms with E-state index in [-0.39, 0.29) is 17.5 Å². The van der Waals surface area contributed by atoms with E-state index in [1.807, 2.05) is 6.07 Å². The van der Waals surface area contributed by atoms with Crippen LogP contribution in [0, 0.1) is 5.92 Å². The molecule has 0 aliphatic heterocycles. The van der Waals surface area contributed by atoms with Gasteiger partial charge in [0.05, 0.1) is 23.1 Å². The Balaban J connectivity index is 2.00. The molecule has 5 nitrogen and oxygen atoms in total. The minimum atomic E-state index is -0.791. The van der Waals surface area contributed by atoms with E-state index < -0.39 is 5.97 Å². The molecule has 0 spiro atoms. The van der Waals surface area contributed by atoms with E-state index in [4.69, 9.17) is 5.11 Å². The minimum Gasteiger partial charge on any atom is -0.481 e. The monoisotopic (exact) mass is 322 g/mol. The third-order valence-electron chi connectivity index (χ3n) is 3.60. The van der Waals surface area contributed by atoms with Gasteiger partial charge in [0.25, 0.3) is 5.56 Å². The highest BCUT2D eigenvalue weighted by Gasteiger charge is 2.36. The Morgan fingerprint density at radius 2 is 2.16 bits per heavy atom. The molecular weight excluding hydrogens is 312 g/mol. The standard InChI is InChI=1S/C13H11BrN2O3/c14-8-1-2-11-10(5-8)12(17)16(6-15-11)9-3-7(4-9)13(18)19/h1-2,5-7,9H,3-4H2,(H,18,19). The Bertz CT molecular complexity index is 719. The molecule has 19 heavy (non-hydrogen) atoms. The average molecular weight is 323 g/mol. The summed E-state index contributed by atoms with van der Waals surface area (Å²) in [5.74, 6) is -1.13. The number of fused-ring (bicyclic) bond motifs is 1. The zero-order valence-electron chi connectivity index (χ0n) is 9.91. The Labute approximate surface area is 117 Å². The van der Waals surface area contributed by atoms with Gasteiger partial charge in [-0.3, -0.25) is 14.2 Å². The number of aromatic nitrogens is 2. The SMILES string of the molecule is O=C(O)C1CC(n2cnc3ccc(Br)cc3c2=O)C1. The lowest BCUT2D eigenvalue weighted by Gasteiger charge is -2.33. The number of carbonyl (C=O) groups is 1. The van der Waals surface area contributed by atoms with E-state index in [1.165, 1.54) is 6.33 Å². The van der Waals surface area contributed by atoms with Crippen LogP contribution in [0.5, 0.6) is 0 Å². The van der Waals surface area contributed by atoms with Gasteiger partial charge in [-0.2, -0.15) is 0 Å². The number of halogens is 1. The Hall–Kier alpha value is -1.69. The summed E-state index contributed by atoms with van der Waals surface area (Å²) in [7, 11) is 0. The summed E-state index contributed by atoms with van der Waals surface area (Å²) in [4.78, 5) is 27.4. The van der Waals surface area contributed by atoms with Gasteiger partial charge < -0.3 is 5.11 Å². The Kier molecular flexibility index (Phi) is 2.89. The zero-order valence-corrected chi connectivity index (χ0v) is 11.5.